The summed E-state index contributed by atoms with van der Waals surface area (Å²) in [5.41, 5.74) is -0.544. The van der Waals surface area contributed by atoms with Crippen molar-refractivity contribution in [2.75, 3.05) is 18.4 Å². The van der Waals surface area contributed by atoms with Gasteiger partial charge in [0.05, 0.1) is 5.56 Å². The molecule has 1 amide bonds. The van der Waals surface area contributed by atoms with Crippen LogP contribution in [0, 0.1) is 0 Å². The van der Waals surface area contributed by atoms with Crippen LogP contribution < -0.4 is 10.6 Å². The van der Waals surface area contributed by atoms with E-state index in [2.05, 4.69) is 10.6 Å². The molecule has 0 saturated carbocycles. The molecule has 1 rings (SSSR count). The number of benzene rings is 1. The molecule has 0 radical (unpaired) electrons. The van der Waals surface area contributed by atoms with Crippen molar-refractivity contribution in [1.82, 2.24) is 5.32 Å². The number of nitrogens with one attached hydrogen (secondary N) is 2. The largest absolute Gasteiger partial charge is 0.416 e. The topological polar surface area (TPSA) is 41.1 Å². The maximum absolute atomic E-state index is 12.5. The van der Waals surface area contributed by atoms with E-state index in [9.17, 15) is 18.0 Å². The van der Waals surface area contributed by atoms with Gasteiger partial charge in [0.15, 0.2) is 0 Å². The van der Waals surface area contributed by atoms with E-state index in [0.717, 1.165) is 12.1 Å². The quantitative estimate of drug-likeness (QED) is 0.833. The van der Waals surface area contributed by atoms with Gasteiger partial charge < -0.3 is 10.6 Å². The second-order valence-corrected chi connectivity index (χ2v) is 4.07. The molecule has 100 valence electrons. The summed E-state index contributed by atoms with van der Waals surface area (Å²) in [5, 5.41) is 5.28. The molecule has 0 aliphatic heterocycles. The summed E-state index contributed by atoms with van der Waals surface area (Å²) in [6.07, 6.45) is -4.43. The highest BCUT2D eigenvalue weighted by molar-refractivity contribution is 6.30. The molecule has 0 aliphatic carbocycles. The van der Waals surface area contributed by atoms with Crippen LogP contribution in [0.5, 0.6) is 0 Å². The molecular formula is C11H12ClF3N2O. The molecule has 1 aromatic rings. The molecule has 0 bridgehead atoms. The fourth-order valence-corrected chi connectivity index (χ4v) is 1.54. The highest BCUT2D eigenvalue weighted by Gasteiger charge is 2.31. The molecule has 0 unspecified atom stereocenters. The van der Waals surface area contributed by atoms with Gasteiger partial charge in [-0.1, -0.05) is 11.6 Å². The second-order valence-electron chi connectivity index (χ2n) is 3.64. The van der Waals surface area contributed by atoms with E-state index in [1.54, 1.807) is 0 Å². The minimum Gasteiger partial charge on any atom is -0.383 e. The number of rotatable bonds is 4. The Labute approximate surface area is 107 Å². The fourth-order valence-electron chi connectivity index (χ4n) is 1.30. The number of carbonyl (C=O) groups excluding carboxylic acids is 1. The van der Waals surface area contributed by atoms with Crippen molar-refractivity contribution in [2.45, 2.75) is 13.1 Å². The number of carbonyl (C=O) groups is 1. The SMILES string of the molecule is CC(=O)NCCNc1cc(Cl)cc(C(F)(F)F)c1. The number of alkyl halides is 3. The highest BCUT2D eigenvalue weighted by atomic mass is 35.5. The van der Waals surface area contributed by atoms with Crippen LogP contribution in [0.3, 0.4) is 0 Å². The van der Waals surface area contributed by atoms with E-state index in [0.29, 0.717) is 13.1 Å². The average molecular weight is 281 g/mol. The van der Waals surface area contributed by atoms with Crippen LogP contribution in [0.4, 0.5) is 18.9 Å². The van der Waals surface area contributed by atoms with Crippen molar-refractivity contribution in [2.24, 2.45) is 0 Å². The van der Waals surface area contributed by atoms with Crippen LogP contribution in [-0.4, -0.2) is 19.0 Å². The van der Waals surface area contributed by atoms with Crippen LogP contribution in [-0.2, 0) is 11.0 Å². The molecule has 0 saturated heterocycles. The first-order valence-corrected chi connectivity index (χ1v) is 5.53. The molecule has 7 heteroatoms. The minimum atomic E-state index is -4.43. The summed E-state index contributed by atoms with van der Waals surface area (Å²) < 4.78 is 37.5. The first-order valence-electron chi connectivity index (χ1n) is 5.15. The Morgan fingerprint density at radius 1 is 1.28 bits per heavy atom. The third-order valence-electron chi connectivity index (χ3n) is 2.05. The minimum absolute atomic E-state index is 0.00634. The van der Waals surface area contributed by atoms with E-state index in [1.165, 1.54) is 13.0 Å². The van der Waals surface area contributed by atoms with Crippen molar-refractivity contribution in [1.29, 1.82) is 0 Å². The van der Waals surface area contributed by atoms with Crippen LogP contribution >= 0.6 is 11.6 Å². The number of hydrogen-bond acceptors (Lipinski definition) is 2. The summed E-state index contributed by atoms with van der Waals surface area (Å²) in [5.74, 6) is -0.195. The molecule has 0 heterocycles. The lowest BCUT2D eigenvalue weighted by Crippen LogP contribution is -2.26. The Kier molecular flexibility index (Phi) is 4.84. The number of hydrogen-bond donors (Lipinski definition) is 2. The Bertz CT molecular complexity index is 435. The molecule has 3 nitrogen and oxygen atoms in total. The molecule has 0 atom stereocenters. The normalized spacial score (nSPS) is 11.2. The summed E-state index contributed by atoms with van der Waals surface area (Å²) in [6.45, 7) is 2.00. The molecule has 18 heavy (non-hydrogen) atoms. The predicted octanol–water partition coefficient (Wildman–Crippen LogP) is 2.91. The predicted molar refractivity (Wildman–Crippen MR) is 63.6 cm³/mol. The van der Waals surface area contributed by atoms with Gasteiger partial charge in [-0.3, -0.25) is 4.79 Å². The second kappa shape index (κ2) is 5.95. The van der Waals surface area contributed by atoms with Crippen molar-refractivity contribution in [3.8, 4) is 0 Å². The summed E-state index contributed by atoms with van der Waals surface area (Å²) >= 11 is 5.61. The zero-order chi connectivity index (χ0) is 13.8. The third kappa shape index (κ3) is 4.83. The smallest absolute Gasteiger partial charge is 0.383 e. The van der Waals surface area contributed by atoms with E-state index in [-0.39, 0.29) is 16.6 Å². The lowest BCUT2D eigenvalue weighted by Gasteiger charge is -2.11. The standard InChI is InChI=1S/C11H12ClF3N2O/c1-7(18)16-2-3-17-10-5-8(11(13,14)15)4-9(12)6-10/h4-6,17H,2-3H2,1H3,(H,16,18). The Morgan fingerprint density at radius 3 is 2.50 bits per heavy atom. The number of halogens is 4. The van der Waals surface area contributed by atoms with Gasteiger partial charge in [0.1, 0.15) is 0 Å². The zero-order valence-electron chi connectivity index (χ0n) is 9.57. The van der Waals surface area contributed by atoms with Crippen LogP contribution in [0.15, 0.2) is 18.2 Å². The van der Waals surface area contributed by atoms with Crippen LogP contribution in [0.25, 0.3) is 0 Å². The van der Waals surface area contributed by atoms with Gasteiger partial charge in [-0.05, 0) is 18.2 Å². The van der Waals surface area contributed by atoms with Crippen molar-refractivity contribution < 1.29 is 18.0 Å². The maximum Gasteiger partial charge on any atom is 0.416 e. The van der Waals surface area contributed by atoms with Gasteiger partial charge >= 0.3 is 6.18 Å². The molecule has 0 fully saturated rings. The van der Waals surface area contributed by atoms with Crippen LogP contribution in [0.1, 0.15) is 12.5 Å². The first kappa shape index (κ1) is 14.6. The maximum atomic E-state index is 12.5. The summed E-state index contributed by atoms with van der Waals surface area (Å²) in [7, 11) is 0. The molecule has 2 N–H and O–H groups in total. The van der Waals surface area contributed by atoms with Gasteiger partial charge in [0.25, 0.3) is 0 Å². The van der Waals surface area contributed by atoms with Gasteiger partial charge in [-0.25, -0.2) is 0 Å². The third-order valence-corrected chi connectivity index (χ3v) is 2.27. The highest BCUT2D eigenvalue weighted by Crippen LogP contribution is 2.33. The van der Waals surface area contributed by atoms with E-state index < -0.39 is 11.7 Å². The molecule has 1 aromatic carbocycles. The molecular weight excluding hydrogens is 269 g/mol. The zero-order valence-corrected chi connectivity index (χ0v) is 10.3. The Balaban J connectivity index is 2.66. The summed E-state index contributed by atoms with van der Waals surface area (Å²) in [6, 6.07) is 3.23. The van der Waals surface area contributed by atoms with Crippen molar-refractivity contribution in [3.63, 3.8) is 0 Å². The summed E-state index contributed by atoms with van der Waals surface area (Å²) in [4.78, 5) is 10.6. The van der Waals surface area contributed by atoms with Crippen LogP contribution in [0.2, 0.25) is 5.02 Å². The molecule has 0 spiro atoms. The number of anilines is 1. The lowest BCUT2D eigenvalue weighted by molar-refractivity contribution is -0.137. The Hall–Kier alpha value is -1.43. The Morgan fingerprint density at radius 2 is 1.94 bits per heavy atom. The molecule has 0 aliphatic rings. The van der Waals surface area contributed by atoms with E-state index in [4.69, 9.17) is 11.6 Å². The van der Waals surface area contributed by atoms with E-state index in [1.807, 2.05) is 0 Å². The monoisotopic (exact) mass is 280 g/mol. The van der Waals surface area contributed by atoms with Gasteiger partial charge in [0, 0.05) is 30.7 Å². The first-order chi connectivity index (χ1) is 8.29. The van der Waals surface area contributed by atoms with Crippen molar-refractivity contribution >= 4 is 23.2 Å². The van der Waals surface area contributed by atoms with Gasteiger partial charge in [-0.2, -0.15) is 13.2 Å². The van der Waals surface area contributed by atoms with Gasteiger partial charge in [-0.15, -0.1) is 0 Å². The average Bonchev–Trinajstić information content (AvgIpc) is 2.22. The molecule has 0 aromatic heterocycles. The number of amides is 1. The van der Waals surface area contributed by atoms with E-state index >= 15 is 0 Å². The lowest BCUT2D eigenvalue weighted by atomic mass is 10.2. The van der Waals surface area contributed by atoms with Crippen molar-refractivity contribution in [3.05, 3.63) is 28.8 Å². The fraction of sp³-hybridized carbons (Fsp3) is 0.364. The van der Waals surface area contributed by atoms with Gasteiger partial charge in [0.2, 0.25) is 5.91 Å².